The Morgan fingerprint density at radius 1 is 1.24 bits per heavy atom. The number of aromatic nitrogens is 2. The Morgan fingerprint density at radius 3 is 2.95 bits per heavy atom. The molecule has 1 aliphatic rings. The van der Waals surface area contributed by atoms with E-state index in [1.165, 1.54) is 38.5 Å². The monoisotopic (exact) mass is 285 g/mol. The van der Waals surface area contributed by atoms with Crippen molar-refractivity contribution in [3.63, 3.8) is 0 Å². The van der Waals surface area contributed by atoms with Crippen molar-refractivity contribution in [2.24, 2.45) is 5.41 Å². The highest BCUT2D eigenvalue weighted by molar-refractivity contribution is 5.61. The minimum atomic E-state index is 0.488. The van der Waals surface area contributed by atoms with Crippen molar-refractivity contribution in [3.8, 4) is 11.5 Å². The highest BCUT2D eigenvalue weighted by Gasteiger charge is 2.24. The molecular formula is C17H23N3O. The highest BCUT2D eigenvalue weighted by Crippen LogP contribution is 2.34. The van der Waals surface area contributed by atoms with Crippen molar-refractivity contribution in [1.82, 2.24) is 10.2 Å². The van der Waals surface area contributed by atoms with E-state index in [9.17, 15) is 0 Å². The molecule has 4 heteroatoms. The summed E-state index contributed by atoms with van der Waals surface area (Å²) in [5.41, 5.74) is 2.59. The van der Waals surface area contributed by atoms with Gasteiger partial charge in [-0.25, -0.2) is 0 Å². The standard InChI is InChI=1S/C17H23N3O/c1-17(2)9-4-7-14(8-10-17)19-15-6-3-5-13(11-15)16-20-18-12-21-16/h3,5-6,11-12,14,19H,4,7-10H2,1-2H3. The number of nitrogens with one attached hydrogen (secondary N) is 1. The lowest BCUT2D eigenvalue weighted by Gasteiger charge is -2.22. The third-order valence-electron chi connectivity index (χ3n) is 4.42. The fourth-order valence-electron chi connectivity index (χ4n) is 3.08. The Balaban J connectivity index is 1.69. The number of hydrogen-bond acceptors (Lipinski definition) is 4. The zero-order valence-corrected chi connectivity index (χ0v) is 12.8. The van der Waals surface area contributed by atoms with E-state index < -0.39 is 0 Å². The first kappa shape index (κ1) is 14.1. The maximum Gasteiger partial charge on any atom is 0.247 e. The summed E-state index contributed by atoms with van der Waals surface area (Å²) in [6, 6.07) is 8.78. The van der Waals surface area contributed by atoms with E-state index in [0.29, 0.717) is 17.3 Å². The molecule has 21 heavy (non-hydrogen) atoms. The topological polar surface area (TPSA) is 51.0 Å². The summed E-state index contributed by atoms with van der Waals surface area (Å²) >= 11 is 0. The van der Waals surface area contributed by atoms with Gasteiger partial charge in [-0.1, -0.05) is 26.3 Å². The lowest BCUT2D eigenvalue weighted by Crippen LogP contribution is -2.19. The molecule has 0 aliphatic heterocycles. The summed E-state index contributed by atoms with van der Waals surface area (Å²) in [7, 11) is 0. The normalized spacial score (nSPS) is 21.7. The molecule has 2 aromatic rings. The summed E-state index contributed by atoms with van der Waals surface area (Å²) in [6.07, 6.45) is 7.75. The molecule has 1 aromatic heterocycles. The van der Waals surface area contributed by atoms with Crippen LogP contribution in [0.15, 0.2) is 35.1 Å². The molecule has 1 unspecified atom stereocenters. The first-order valence-electron chi connectivity index (χ1n) is 7.76. The van der Waals surface area contributed by atoms with Crippen molar-refractivity contribution < 1.29 is 4.42 Å². The van der Waals surface area contributed by atoms with E-state index in [0.717, 1.165) is 11.3 Å². The molecule has 0 amide bonds. The van der Waals surface area contributed by atoms with Crippen molar-refractivity contribution in [2.45, 2.75) is 52.0 Å². The van der Waals surface area contributed by atoms with Gasteiger partial charge in [0.1, 0.15) is 0 Å². The third kappa shape index (κ3) is 3.63. The van der Waals surface area contributed by atoms with E-state index in [1.54, 1.807) is 0 Å². The van der Waals surface area contributed by atoms with Crippen molar-refractivity contribution >= 4 is 5.69 Å². The van der Waals surface area contributed by atoms with Gasteiger partial charge in [0.25, 0.3) is 0 Å². The van der Waals surface area contributed by atoms with Gasteiger partial charge < -0.3 is 9.73 Å². The fourth-order valence-corrected chi connectivity index (χ4v) is 3.08. The maximum absolute atomic E-state index is 5.26. The van der Waals surface area contributed by atoms with Gasteiger partial charge in [0.05, 0.1) is 0 Å². The zero-order valence-electron chi connectivity index (χ0n) is 12.8. The van der Waals surface area contributed by atoms with Crippen LogP contribution in [0.25, 0.3) is 11.5 Å². The lowest BCUT2D eigenvalue weighted by molar-refractivity contribution is 0.313. The number of benzene rings is 1. The van der Waals surface area contributed by atoms with Crippen LogP contribution in [0.5, 0.6) is 0 Å². The van der Waals surface area contributed by atoms with Crippen LogP contribution in [-0.2, 0) is 0 Å². The van der Waals surface area contributed by atoms with Gasteiger partial charge in [0, 0.05) is 17.3 Å². The predicted octanol–water partition coefficient (Wildman–Crippen LogP) is 4.51. The van der Waals surface area contributed by atoms with Gasteiger partial charge in [-0.05, 0) is 49.3 Å². The molecule has 0 bridgehead atoms. The van der Waals surface area contributed by atoms with Crippen LogP contribution >= 0.6 is 0 Å². The number of rotatable bonds is 3. The van der Waals surface area contributed by atoms with Gasteiger partial charge >= 0.3 is 0 Å². The van der Waals surface area contributed by atoms with Crippen LogP contribution in [0, 0.1) is 5.41 Å². The second-order valence-corrected chi connectivity index (χ2v) is 6.76. The maximum atomic E-state index is 5.26. The molecule has 1 N–H and O–H groups in total. The molecule has 1 aromatic carbocycles. The van der Waals surface area contributed by atoms with Gasteiger partial charge in [-0.15, -0.1) is 10.2 Å². The molecule has 0 saturated heterocycles. The molecule has 1 heterocycles. The van der Waals surface area contributed by atoms with Gasteiger partial charge in [0.15, 0.2) is 0 Å². The van der Waals surface area contributed by atoms with Gasteiger partial charge in [0.2, 0.25) is 12.3 Å². The van der Waals surface area contributed by atoms with Crippen LogP contribution in [0.1, 0.15) is 46.0 Å². The van der Waals surface area contributed by atoms with Crippen LogP contribution in [0.3, 0.4) is 0 Å². The Hall–Kier alpha value is -1.84. The van der Waals surface area contributed by atoms with Crippen LogP contribution in [0.4, 0.5) is 5.69 Å². The first-order chi connectivity index (χ1) is 10.1. The van der Waals surface area contributed by atoms with Crippen molar-refractivity contribution in [2.75, 3.05) is 5.32 Å². The van der Waals surface area contributed by atoms with Crippen LogP contribution < -0.4 is 5.32 Å². The smallest absolute Gasteiger partial charge is 0.247 e. The molecule has 0 spiro atoms. The predicted molar refractivity (Wildman–Crippen MR) is 84.0 cm³/mol. The largest absolute Gasteiger partial charge is 0.423 e. The van der Waals surface area contributed by atoms with E-state index >= 15 is 0 Å². The quantitative estimate of drug-likeness (QED) is 0.843. The number of nitrogens with zero attached hydrogens (tertiary/aromatic N) is 2. The van der Waals surface area contributed by atoms with E-state index in [2.05, 4.69) is 41.5 Å². The van der Waals surface area contributed by atoms with Gasteiger partial charge in [-0.3, -0.25) is 0 Å². The molecule has 1 aliphatic carbocycles. The SMILES string of the molecule is CC1(C)CCCC(Nc2cccc(-c3nnco3)c2)CC1. The summed E-state index contributed by atoms with van der Waals surface area (Å²) in [5, 5.41) is 11.4. The molecule has 1 fully saturated rings. The Labute approximate surface area is 126 Å². The van der Waals surface area contributed by atoms with Crippen molar-refractivity contribution in [1.29, 1.82) is 0 Å². The third-order valence-corrected chi connectivity index (χ3v) is 4.42. The van der Waals surface area contributed by atoms with Crippen molar-refractivity contribution in [3.05, 3.63) is 30.7 Å². The summed E-state index contributed by atoms with van der Waals surface area (Å²) < 4.78 is 5.26. The second kappa shape index (κ2) is 5.88. The molecular weight excluding hydrogens is 262 g/mol. The second-order valence-electron chi connectivity index (χ2n) is 6.76. The summed E-state index contributed by atoms with van der Waals surface area (Å²) in [4.78, 5) is 0. The van der Waals surface area contributed by atoms with Crippen LogP contribution in [-0.4, -0.2) is 16.2 Å². The molecule has 4 nitrogen and oxygen atoms in total. The number of hydrogen-bond donors (Lipinski definition) is 1. The average molecular weight is 285 g/mol. The van der Waals surface area contributed by atoms with E-state index in [4.69, 9.17) is 4.42 Å². The first-order valence-corrected chi connectivity index (χ1v) is 7.76. The fraction of sp³-hybridized carbons (Fsp3) is 0.529. The Bertz CT molecular complexity index is 577. The minimum absolute atomic E-state index is 0.488. The van der Waals surface area contributed by atoms with E-state index in [-0.39, 0.29) is 0 Å². The highest BCUT2D eigenvalue weighted by atomic mass is 16.4. The lowest BCUT2D eigenvalue weighted by atomic mass is 9.85. The molecule has 112 valence electrons. The summed E-state index contributed by atoms with van der Waals surface area (Å²) in [6.45, 7) is 4.76. The molecule has 3 rings (SSSR count). The van der Waals surface area contributed by atoms with E-state index in [1.807, 2.05) is 12.1 Å². The minimum Gasteiger partial charge on any atom is -0.423 e. The molecule has 1 saturated carbocycles. The van der Waals surface area contributed by atoms with Gasteiger partial charge in [-0.2, -0.15) is 0 Å². The zero-order chi connectivity index (χ0) is 14.7. The number of anilines is 1. The molecule has 0 radical (unpaired) electrons. The van der Waals surface area contributed by atoms with Crippen LogP contribution in [0.2, 0.25) is 0 Å². The average Bonchev–Trinajstić information content (AvgIpc) is 2.93. The molecule has 1 atom stereocenters. The Kier molecular flexibility index (Phi) is 3.95. The Morgan fingerprint density at radius 2 is 2.14 bits per heavy atom. The summed E-state index contributed by atoms with van der Waals surface area (Å²) in [5.74, 6) is 0.570.